The third kappa shape index (κ3) is 3.76. The Labute approximate surface area is 138 Å². The number of nitrogens with zero attached hydrogens (tertiary/aromatic N) is 1. The van der Waals surface area contributed by atoms with Gasteiger partial charge in [-0.15, -0.1) is 17.8 Å². The van der Waals surface area contributed by atoms with Gasteiger partial charge < -0.3 is 9.47 Å². The smallest absolute Gasteiger partial charge is 0.350 e. The van der Waals surface area contributed by atoms with Gasteiger partial charge in [0.15, 0.2) is 6.29 Å². The van der Waals surface area contributed by atoms with Crippen LogP contribution in [0.4, 0.5) is 0 Å². The van der Waals surface area contributed by atoms with Gasteiger partial charge in [-0.1, -0.05) is 5.92 Å². The molecule has 2 aromatic rings. The second kappa shape index (κ2) is 7.56. The third-order valence-corrected chi connectivity index (χ3v) is 4.14. The summed E-state index contributed by atoms with van der Waals surface area (Å²) in [6, 6.07) is 5.09. The molecule has 0 saturated heterocycles. The fraction of sp³-hybridized carbons (Fsp3) is 0.235. The zero-order valence-corrected chi connectivity index (χ0v) is 13.6. The van der Waals surface area contributed by atoms with E-state index >= 15 is 0 Å². The minimum atomic E-state index is -0.390. The first kappa shape index (κ1) is 16.7. The van der Waals surface area contributed by atoms with Crippen molar-refractivity contribution in [2.75, 3.05) is 13.2 Å². The van der Waals surface area contributed by atoms with Gasteiger partial charge in [0.05, 0.1) is 17.9 Å². The fourth-order valence-electron chi connectivity index (χ4n) is 1.93. The predicted molar refractivity (Wildman–Crippen MR) is 88.0 cm³/mol. The summed E-state index contributed by atoms with van der Waals surface area (Å²) in [7, 11) is 0. The summed E-state index contributed by atoms with van der Waals surface area (Å²) in [5, 5.41) is 0.636. The number of aldehydes is 1. The fourth-order valence-corrected chi connectivity index (χ4v) is 2.89. The van der Waals surface area contributed by atoms with Gasteiger partial charge in [-0.3, -0.25) is 4.79 Å². The van der Waals surface area contributed by atoms with Crippen molar-refractivity contribution >= 4 is 23.6 Å². The molecule has 0 fully saturated rings. The second-order valence-corrected chi connectivity index (χ2v) is 5.52. The highest BCUT2D eigenvalue weighted by Gasteiger charge is 2.18. The maximum Gasteiger partial charge on any atom is 0.350 e. The van der Waals surface area contributed by atoms with Gasteiger partial charge >= 0.3 is 5.97 Å². The lowest BCUT2D eigenvalue weighted by molar-refractivity contribution is 0.0531. The quantitative estimate of drug-likeness (QED) is 0.463. The summed E-state index contributed by atoms with van der Waals surface area (Å²) in [6.07, 6.45) is 5.84. The molecule has 1 aromatic heterocycles. The van der Waals surface area contributed by atoms with Crippen molar-refractivity contribution in [3.05, 3.63) is 34.3 Å². The molecule has 1 aromatic carbocycles. The molecule has 0 N–H and O–H groups in total. The first-order chi connectivity index (χ1) is 11.1. The average molecular weight is 329 g/mol. The Morgan fingerprint density at radius 3 is 2.91 bits per heavy atom. The number of rotatable bonds is 6. The maximum atomic E-state index is 11.9. The Morgan fingerprint density at radius 2 is 2.26 bits per heavy atom. The van der Waals surface area contributed by atoms with E-state index in [2.05, 4.69) is 10.9 Å². The molecule has 0 bridgehead atoms. The molecule has 0 aliphatic carbocycles. The summed E-state index contributed by atoms with van der Waals surface area (Å²) < 4.78 is 10.3. The number of aryl methyl sites for hydroxylation is 1. The highest BCUT2D eigenvalue weighted by Crippen LogP contribution is 2.31. The lowest BCUT2D eigenvalue weighted by atomic mass is 10.1. The zero-order valence-electron chi connectivity index (χ0n) is 12.8. The van der Waals surface area contributed by atoms with Crippen LogP contribution in [0.15, 0.2) is 18.2 Å². The molecule has 0 spiro atoms. The van der Waals surface area contributed by atoms with Crippen molar-refractivity contribution in [1.29, 1.82) is 0 Å². The molecule has 23 heavy (non-hydrogen) atoms. The van der Waals surface area contributed by atoms with Crippen molar-refractivity contribution in [2.45, 2.75) is 13.8 Å². The van der Waals surface area contributed by atoms with Crippen LogP contribution in [0, 0.1) is 19.3 Å². The molecular formula is C17H15NO4S. The number of hydrogen-bond acceptors (Lipinski definition) is 6. The number of terminal acetylenes is 1. The monoisotopic (exact) mass is 329 g/mol. The SMILES string of the molecule is C#CCOc1ccc(-c2nc(C)c(C(=O)OCC)s2)cc1C=O. The number of carbonyl (C=O) groups excluding carboxylic acids is 2. The number of carbonyl (C=O) groups is 2. The molecule has 118 valence electrons. The number of ether oxygens (including phenoxy) is 2. The van der Waals surface area contributed by atoms with Gasteiger partial charge in [-0.2, -0.15) is 0 Å². The van der Waals surface area contributed by atoms with Gasteiger partial charge in [0.1, 0.15) is 22.2 Å². The van der Waals surface area contributed by atoms with Crippen molar-refractivity contribution in [1.82, 2.24) is 4.98 Å². The van der Waals surface area contributed by atoms with E-state index in [0.29, 0.717) is 39.8 Å². The summed E-state index contributed by atoms with van der Waals surface area (Å²) in [6.45, 7) is 3.89. The molecule has 5 nitrogen and oxygen atoms in total. The van der Waals surface area contributed by atoms with Gasteiger partial charge in [0.25, 0.3) is 0 Å². The van der Waals surface area contributed by atoms with Crippen LogP contribution >= 0.6 is 11.3 Å². The van der Waals surface area contributed by atoms with Crippen molar-refractivity contribution in [3.63, 3.8) is 0 Å². The van der Waals surface area contributed by atoms with Gasteiger partial charge in [0.2, 0.25) is 0 Å². The summed E-state index contributed by atoms with van der Waals surface area (Å²) >= 11 is 1.23. The summed E-state index contributed by atoms with van der Waals surface area (Å²) in [5.74, 6) is 2.38. The number of benzene rings is 1. The Hall–Kier alpha value is -2.65. The van der Waals surface area contributed by atoms with Crippen molar-refractivity contribution < 1.29 is 19.1 Å². The highest BCUT2D eigenvalue weighted by atomic mass is 32.1. The van der Waals surface area contributed by atoms with E-state index in [-0.39, 0.29) is 6.61 Å². The molecule has 6 heteroatoms. The van der Waals surface area contributed by atoms with Crippen LogP contribution in [0.5, 0.6) is 5.75 Å². The Bertz CT molecular complexity index is 773. The van der Waals surface area contributed by atoms with E-state index in [1.165, 1.54) is 11.3 Å². The largest absolute Gasteiger partial charge is 0.480 e. The topological polar surface area (TPSA) is 65.5 Å². The van der Waals surface area contributed by atoms with E-state index in [1.54, 1.807) is 32.0 Å². The third-order valence-electron chi connectivity index (χ3n) is 2.95. The van der Waals surface area contributed by atoms with Gasteiger partial charge in [0, 0.05) is 5.56 Å². The lowest BCUT2D eigenvalue weighted by Gasteiger charge is -2.06. The van der Waals surface area contributed by atoms with Crippen LogP contribution in [0.25, 0.3) is 10.6 Å². The molecule has 0 aliphatic heterocycles. The molecule has 0 atom stereocenters. The molecule has 2 rings (SSSR count). The molecule has 1 heterocycles. The van der Waals surface area contributed by atoms with E-state index in [9.17, 15) is 9.59 Å². The van der Waals surface area contributed by atoms with E-state index < -0.39 is 5.97 Å². The average Bonchev–Trinajstić information content (AvgIpc) is 2.95. The molecular weight excluding hydrogens is 314 g/mol. The normalized spacial score (nSPS) is 9.96. The molecule has 0 unspecified atom stereocenters. The minimum absolute atomic E-state index is 0.0869. The van der Waals surface area contributed by atoms with Crippen LogP contribution in [0.1, 0.15) is 32.6 Å². The van der Waals surface area contributed by atoms with Crippen LogP contribution in [-0.4, -0.2) is 30.5 Å². The molecule has 0 saturated carbocycles. The zero-order chi connectivity index (χ0) is 16.8. The molecule has 0 aliphatic rings. The molecule has 0 radical (unpaired) electrons. The summed E-state index contributed by atoms with van der Waals surface area (Å²) in [5.41, 5.74) is 1.70. The molecule has 0 amide bonds. The van der Waals surface area contributed by atoms with Crippen LogP contribution in [-0.2, 0) is 4.74 Å². The number of esters is 1. The number of aromatic nitrogens is 1. The summed E-state index contributed by atoms with van der Waals surface area (Å²) in [4.78, 5) is 27.9. The van der Waals surface area contributed by atoms with E-state index in [0.717, 1.165) is 5.56 Å². The van der Waals surface area contributed by atoms with Crippen LogP contribution in [0.3, 0.4) is 0 Å². The predicted octanol–water partition coefficient (Wildman–Crippen LogP) is 3.12. The van der Waals surface area contributed by atoms with Gasteiger partial charge in [-0.25, -0.2) is 9.78 Å². The van der Waals surface area contributed by atoms with Crippen molar-refractivity contribution in [2.24, 2.45) is 0 Å². The standard InChI is InChI=1S/C17H15NO4S/c1-4-8-22-14-7-6-12(9-13(14)10-19)16-18-11(3)15(23-16)17(20)21-5-2/h1,6-7,9-10H,5,8H2,2-3H3. The van der Waals surface area contributed by atoms with E-state index in [1.807, 2.05) is 0 Å². The van der Waals surface area contributed by atoms with Crippen molar-refractivity contribution in [3.8, 4) is 28.7 Å². The Morgan fingerprint density at radius 1 is 1.48 bits per heavy atom. The lowest BCUT2D eigenvalue weighted by Crippen LogP contribution is -2.03. The van der Waals surface area contributed by atoms with Crippen LogP contribution < -0.4 is 4.74 Å². The van der Waals surface area contributed by atoms with Crippen LogP contribution in [0.2, 0.25) is 0 Å². The Balaban J connectivity index is 2.36. The number of thiazole rings is 1. The highest BCUT2D eigenvalue weighted by molar-refractivity contribution is 7.17. The minimum Gasteiger partial charge on any atom is -0.480 e. The number of hydrogen-bond donors (Lipinski definition) is 0. The van der Waals surface area contributed by atoms with E-state index in [4.69, 9.17) is 15.9 Å². The maximum absolute atomic E-state index is 11.9. The first-order valence-electron chi connectivity index (χ1n) is 6.91. The van der Waals surface area contributed by atoms with Gasteiger partial charge in [-0.05, 0) is 32.0 Å². The Kier molecular flexibility index (Phi) is 5.50. The second-order valence-electron chi connectivity index (χ2n) is 4.52. The first-order valence-corrected chi connectivity index (χ1v) is 7.72.